The second-order valence-corrected chi connectivity index (χ2v) is 5.81. The lowest BCUT2D eigenvalue weighted by molar-refractivity contribution is 0.787. The highest BCUT2D eigenvalue weighted by Crippen LogP contribution is 2.25. The Morgan fingerprint density at radius 3 is 2.65 bits per heavy atom. The highest BCUT2D eigenvalue weighted by Gasteiger charge is 2.17. The molecule has 0 amide bonds. The predicted molar refractivity (Wildman–Crippen MR) is 75.3 cm³/mol. The van der Waals surface area contributed by atoms with Gasteiger partial charge >= 0.3 is 0 Å². The van der Waals surface area contributed by atoms with Crippen molar-refractivity contribution in [1.29, 1.82) is 0 Å². The molecule has 0 unspecified atom stereocenters. The molecule has 1 aromatic rings. The number of hydrogen-bond acceptors (Lipinski definition) is 4. The van der Waals surface area contributed by atoms with Crippen LogP contribution < -0.4 is 4.90 Å². The van der Waals surface area contributed by atoms with E-state index in [1.165, 1.54) is 11.5 Å². The fourth-order valence-electron chi connectivity index (χ4n) is 1.94. The molecule has 5 heteroatoms. The van der Waals surface area contributed by atoms with Crippen LogP contribution >= 0.6 is 23.4 Å². The average Bonchev–Trinajstić information content (AvgIpc) is 2.35. The number of nitrogens with zero attached hydrogens (tertiary/aromatic N) is 3. The van der Waals surface area contributed by atoms with Crippen molar-refractivity contribution >= 4 is 29.2 Å². The second-order valence-electron chi connectivity index (χ2n) is 4.23. The quantitative estimate of drug-likeness (QED) is 0.791. The summed E-state index contributed by atoms with van der Waals surface area (Å²) in [6, 6.07) is 0. The fraction of sp³-hybridized carbons (Fsp3) is 0.667. The Morgan fingerprint density at radius 2 is 2.00 bits per heavy atom. The van der Waals surface area contributed by atoms with Crippen molar-refractivity contribution in [3.8, 4) is 0 Å². The van der Waals surface area contributed by atoms with Gasteiger partial charge in [0, 0.05) is 36.6 Å². The Balaban J connectivity index is 2.29. The summed E-state index contributed by atoms with van der Waals surface area (Å²) in [5.74, 6) is 4.25. The van der Waals surface area contributed by atoms with Gasteiger partial charge in [0.15, 0.2) is 0 Å². The van der Waals surface area contributed by atoms with E-state index in [0.717, 1.165) is 43.1 Å². The monoisotopic (exact) mass is 271 g/mol. The normalized spacial score (nSPS) is 16.3. The van der Waals surface area contributed by atoms with Crippen molar-refractivity contribution in [3.63, 3.8) is 0 Å². The van der Waals surface area contributed by atoms with Gasteiger partial charge in [-0.2, -0.15) is 11.8 Å². The Labute approximate surface area is 112 Å². The van der Waals surface area contributed by atoms with Crippen LogP contribution in [-0.4, -0.2) is 34.6 Å². The van der Waals surface area contributed by atoms with Crippen LogP contribution in [0, 0.1) is 6.92 Å². The zero-order chi connectivity index (χ0) is 12.3. The molecule has 0 saturated carbocycles. The maximum atomic E-state index is 6.19. The fourth-order valence-corrected chi connectivity index (χ4v) is 3.02. The molecule has 94 valence electrons. The van der Waals surface area contributed by atoms with Gasteiger partial charge < -0.3 is 4.90 Å². The molecule has 1 aliphatic heterocycles. The van der Waals surface area contributed by atoms with E-state index < -0.39 is 0 Å². The van der Waals surface area contributed by atoms with E-state index in [2.05, 4.69) is 21.8 Å². The van der Waals surface area contributed by atoms with Gasteiger partial charge in [0.05, 0.1) is 0 Å². The number of thioether (sulfide) groups is 1. The SMILES string of the molecule is CCCc1nc(Cl)c(C)c(N2CCSCC2)n1. The Kier molecular flexibility index (Phi) is 4.51. The first-order valence-electron chi connectivity index (χ1n) is 6.08. The number of hydrogen-bond donors (Lipinski definition) is 0. The first kappa shape index (κ1) is 13.0. The van der Waals surface area contributed by atoms with Gasteiger partial charge in [-0.3, -0.25) is 0 Å². The van der Waals surface area contributed by atoms with Crippen LogP contribution in [0.4, 0.5) is 5.82 Å². The molecular weight excluding hydrogens is 254 g/mol. The molecule has 3 nitrogen and oxygen atoms in total. The van der Waals surface area contributed by atoms with E-state index in [0.29, 0.717) is 5.15 Å². The highest BCUT2D eigenvalue weighted by molar-refractivity contribution is 7.99. The van der Waals surface area contributed by atoms with Crippen molar-refractivity contribution < 1.29 is 0 Å². The largest absolute Gasteiger partial charge is 0.355 e. The van der Waals surface area contributed by atoms with Crippen LogP contribution in [0.3, 0.4) is 0 Å². The van der Waals surface area contributed by atoms with Crippen LogP contribution in [0.15, 0.2) is 0 Å². The number of aromatic nitrogens is 2. The molecule has 0 aromatic carbocycles. The smallest absolute Gasteiger partial charge is 0.137 e. The Hall–Kier alpha value is -0.480. The van der Waals surface area contributed by atoms with Crippen molar-refractivity contribution in [2.45, 2.75) is 26.7 Å². The molecule has 17 heavy (non-hydrogen) atoms. The molecule has 2 rings (SSSR count). The van der Waals surface area contributed by atoms with E-state index in [-0.39, 0.29) is 0 Å². The summed E-state index contributed by atoms with van der Waals surface area (Å²) in [4.78, 5) is 11.3. The zero-order valence-electron chi connectivity index (χ0n) is 10.4. The van der Waals surface area contributed by atoms with E-state index >= 15 is 0 Å². The minimum atomic E-state index is 0.608. The number of rotatable bonds is 3. The van der Waals surface area contributed by atoms with Crippen molar-refractivity contribution in [1.82, 2.24) is 9.97 Å². The molecule has 0 bridgehead atoms. The van der Waals surface area contributed by atoms with Crippen LogP contribution in [0.1, 0.15) is 24.7 Å². The molecule has 0 radical (unpaired) electrons. The summed E-state index contributed by atoms with van der Waals surface area (Å²) in [5, 5.41) is 0.608. The summed E-state index contributed by atoms with van der Waals surface area (Å²) < 4.78 is 0. The van der Waals surface area contributed by atoms with E-state index in [1.807, 2.05) is 18.7 Å². The summed E-state index contributed by atoms with van der Waals surface area (Å²) in [5.41, 5.74) is 1.01. The number of halogens is 1. The minimum Gasteiger partial charge on any atom is -0.355 e. The maximum Gasteiger partial charge on any atom is 0.137 e. The minimum absolute atomic E-state index is 0.608. The van der Waals surface area contributed by atoms with Gasteiger partial charge in [-0.1, -0.05) is 18.5 Å². The van der Waals surface area contributed by atoms with E-state index in [4.69, 9.17) is 11.6 Å². The number of aryl methyl sites for hydroxylation is 1. The lowest BCUT2D eigenvalue weighted by Gasteiger charge is -2.29. The molecule has 0 spiro atoms. The first-order chi connectivity index (χ1) is 8.22. The first-order valence-corrected chi connectivity index (χ1v) is 7.61. The lowest BCUT2D eigenvalue weighted by atomic mass is 10.2. The Bertz CT molecular complexity index is 392. The van der Waals surface area contributed by atoms with Crippen LogP contribution in [0.25, 0.3) is 0 Å². The van der Waals surface area contributed by atoms with E-state index in [1.54, 1.807) is 0 Å². The summed E-state index contributed by atoms with van der Waals surface area (Å²) in [6.07, 6.45) is 1.95. The predicted octanol–water partition coefficient (Wildman–Crippen LogP) is 2.94. The zero-order valence-corrected chi connectivity index (χ0v) is 11.9. The van der Waals surface area contributed by atoms with Crippen LogP contribution in [-0.2, 0) is 6.42 Å². The second kappa shape index (κ2) is 5.91. The van der Waals surface area contributed by atoms with Crippen LogP contribution in [0.2, 0.25) is 5.15 Å². The molecule has 0 aliphatic carbocycles. The van der Waals surface area contributed by atoms with Gasteiger partial charge in [0.2, 0.25) is 0 Å². The molecule has 0 atom stereocenters. The lowest BCUT2D eigenvalue weighted by Crippen LogP contribution is -2.34. The third-order valence-electron chi connectivity index (χ3n) is 2.89. The molecule has 0 N–H and O–H groups in total. The van der Waals surface area contributed by atoms with Gasteiger partial charge in [-0.05, 0) is 13.3 Å². The van der Waals surface area contributed by atoms with Gasteiger partial charge in [-0.25, -0.2) is 9.97 Å². The standard InChI is InChI=1S/C12H18ClN3S/c1-3-4-10-14-11(13)9(2)12(15-10)16-5-7-17-8-6-16/h3-8H2,1-2H3. The average molecular weight is 272 g/mol. The number of anilines is 1. The molecule has 1 fully saturated rings. The third kappa shape index (κ3) is 3.05. The van der Waals surface area contributed by atoms with Crippen molar-refractivity contribution in [3.05, 3.63) is 16.5 Å². The summed E-state index contributed by atoms with van der Waals surface area (Å²) >= 11 is 8.19. The van der Waals surface area contributed by atoms with Gasteiger partial charge in [0.1, 0.15) is 16.8 Å². The maximum absolute atomic E-state index is 6.19. The van der Waals surface area contributed by atoms with Crippen molar-refractivity contribution in [2.75, 3.05) is 29.5 Å². The van der Waals surface area contributed by atoms with Gasteiger partial charge in [0.25, 0.3) is 0 Å². The molecule has 1 aromatic heterocycles. The molecular formula is C12H18ClN3S. The molecule has 1 saturated heterocycles. The van der Waals surface area contributed by atoms with Crippen LogP contribution in [0.5, 0.6) is 0 Å². The summed E-state index contributed by atoms with van der Waals surface area (Å²) in [6.45, 7) is 6.26. The topological polar surface area (TPSA) is 29.0 Å². The van der Waals surface area contributed by atoms with Crippen molar-refractivity contribution in [2.24, 2.45) is 0 Å². The summed E-state index contributed by atoms with van der Waals surface area (Å²) in [7, 11) is 0. The third-order valence-corrected chi connectivity index (χ3v) is 4.20. The Morgan fingerprint density at radius 1 is 1.29 bits per heavy atom. The molecule has 2 heterocycles. The van der Waals surface area contributed by atoms with E-state index in [9.17, 15) is 0 Å². The highest BCUT2D eigenvalue weighted by atomic mass is 35.5. The molecule has 1 aliphatic rings. The van der Waals surface area contributed by atoms with Gasteiger partial charge in [-0.15, -0.1) is 0 Å².